The predicted molar refractivity (Wildman–Crippen MR) is 122 cm³/mol. The molecule has 0 radical (unpaired) electrons. The lowest BCUT2D eigenvalue weighted by Gasteiger charge is -2.33. The Morgan fingerprint density at radius 2 is 1.88 bits per heavy atom. The molecule has 0 aromatic carbocycles. The summed E-state index contributed by atoms with van der Waals surface area (Å²) in [6, 6.07) is 0.888. The summed E-state index contributed by atoms with van der Waals surface area (Å²) in [5.41, 5.74) is 0. The number of carbonyl (C=O) groups is 5. The highest BCUT2D eigenvalue weighted by Gasteiger charge is 2.38. The number of thiophene rings is 1. The van der Waals surface area contributed by atoms with Crippen LogP contribution >= 0.6 is 11.3 Å². The second kappa shape index (κ2) is 11.8. The van der Waals surface area contributed by atoms with Crippen LogP contribution in [0.5, 0.6) is 0 Å². The van der Waals surface area contributed by atoms with E-state index in [2.05, 4.69) is 22.9 Å². The number of imide groups is 1. The summed E-state index contributed by atoms with van der Waals surface area (Å²) in [5.74, 6) is -2.44. The van der Waals surface area contributed by atoms with Gasteiger partial charge >= 0.3 is 17.8 Å². The van der Waals surface area contributed by atoms with E-state index in [1.54, 1.807) is 17.5 Å². The van der Waals surface area contributed by atoms with E-state index in [1.165, 1.54) is 35.5 Å². The molecule has 1 aromatic rings. The Bertz CT molecular complexity index is 875. The third kappa shape index (κ3) is 6.31. The molecule has 0 saturated carbocycles. The summed E-state index contributed by atoms with van der Waals surface area (Å²) in [4.78, 5) is 65.1. The van der Waals surface area contributed by atoms with Crippen LogP contribution in [0.3, 0.4) is 0 Å². The van der Waals surface area contributed by atoms with Crippen molar-refractivity contribution in [1.29, 1.82) is 0 Å². The lowest BCUT2D eigenvalue weighted by Crippen LogP contribution is -2.63. The van der Waals surface area contributed by atoms with Crippen molar-refractivity contribution in [3.63, 3.8) is 0 Å². The third-order valence-electron chi connectivity index (χ3n) is 5.81. The number of urea groups is 1. The molecule has 3 heterocycles. The Morgan fingerprint density at radius 1 is 1.12 bits per heavy atom. The smallest absolute Gasteiger partial charge is 0.325 e. The molecule has 2 aliphatic heterocycles. The molecule has 6 amide bonds. The van der Waals surface area contributed by atoms with Crippen molar-refractivity contribution in [3.05, 3.63) is 22.4 Å². The highest BCUT2D eigenvalue weighted by molar-refractivity contribution is 7.10. The first-order valence-electron chi connectivity index (χ1n) is 11.4. The Labute approximate surface area is 197 Å². The van der Waals surface area contributed by atoms with E-state index >= 15 is 0 Å². The summed E-state index contributed by atoms with van der Waals surface area (Å²) in [6.07, 6.45) is 6.46. The van der Waals surface area contributed by atoms with Gasteiger partial charge in [-0.1, -0.05) is 45.1 Å². The normalized spacial score (nSPS) is 19.1. The van der Waals surface area contributed by atoms with Crippen LogP contribution in [0, 0.1) is 0 Å². The third-order valence-corrected chi connectivity index (χ3v) is 6.74. The Hall–Kier alpha value is -2.95. The number of hydrogen-bond donors (Lipinski definition) is 3. The molecule has 0 aliphatic carbocycles. The highest BCUT2D eigenvalue weighted by atomic mass is 32.1. The summed E-state index contributed by atoms with van der Waals surface area (Å²) in [6.45, 7) is 3.31. The van der Waals surface area contributed by atoms with Crippen LogP contribution in [0.25, 0.3) is 0 Å². The summed E-state index contributed by atoms with van der Waals surface area (Å²) < 4.78 is 0. The maximum Gasteiger partial charge on any atom is 0.325 e. The van der Waals surface area contributed by atoms with Crippen LogP contribution in [-0.2, 0) is 19.2 Å². The van der Waals surface area contributed by atoms with Gasteiger partial charge in [-0.2, -0.15) is 0 Å². The van der Waals surface area contributed by atoms with Crippen LogP contribution in [0.2, 0.25) is 0 Å². The summed E-state index contributed by atoms with van der Waals surface area (Å²) in [7, 11) is 0. The fourth-order valence-corrected chi connectivity index (χ4v) is 4.52. The van der Waals surface area contributed by atoms with Crippen LogP contribution in [-0.4, -0.2) is 71.7 Å². The zero-order valence-electron chi connectivity index (χ0n) is 18.8. The number of unbranched alkanes of at least 4 members (excludes halogenated alkanes) is 5. The second-order valence-corrected chi connectivity index (χ2v) is 9.20. The first-order chi connectivity index (χ1) is 15.9. The van der Waals surface area contributed by atoms with Crippen molar-refractivity contribution < 1.29 is 24.0 Å². The molecule has 10 nitrogen and oxygen atoms in total. The molecule has 2 unspecified atom stereocenters. The van der Waals surface area contributed by atoms with Gasteiger partial charge in [0.15, 0.2) is 0 Å². The van der Waals surface area contributed by atoms with Crippen molar-refractivity contribution in [2.45, 2.75) is 57.5 Å². The zero-order chi connectivity index (χ0) is 23.8. The quantitative estimate of drug-likeness (QED) is 0.250. The van der Waals surface area contributed by atoms with Gasteiger partial charge in [-0.25, -0.2) is 4.79 Å². The van der Waals surface area contributed by atoms with Crippen LogP contribution in [0.4, 0.5) is 4.79 Å². The SMILES string of the molecule is CCCCCCCCN1CCN(C(=O)NC(C(=O)NC2CNC2=O)c2cccs2)C(=O)C1=O. The molecule has 0 spiro atoms. The lowest BCUT2D eigenvalue weighted by molar-refractivity contribution is -0.153. The number of β-lactam (4-membered cyclic amide) rings is 1. The fourth-order valence-electron chi connectivity index (χ4n) is 3.75. The minimum Gasteiger partial charge on any atom is -0.352 e. The standard InChI is InChI=1S/C22H31N5O5S/c1-2-3-4-5-6-7-10-26-11-12-27(21(31)20(26)30)22(32)25-17(16-9-8-13-33-16)19(29)24-15-14-23-18(15)28/h8-9,13,15,17H,2-7,10-12,14H2,1H3,(H,23,28)(H,24,29)(H,25,32). The summed E-state index contributed by atoms with van der Waals surface area (Å²) >= 11 is 1.26. The van der Waals surface area contributed by atoms with Gasteiger partial charge in [0.25, 0.3) is 0 Å². The largest absolute Gasteiger partial charge is 0.352 e. The van der Waals surface area contributed by atoms with Crippen molar-refractivity contribution >= 4 is 41.0 Å². The predicted octanol–water partition coefficient (Wildman–Crippen LogP) is 1.14. The van der Waals surface area contributed by atoms with E-state index in [-0.39, 0.29) is 19.0 Å². The maximum atomic E-state index is 12.8. The summed E-state index contributed by atoms with van der Waals surface area (Å²) in [5, 5.41) is 9.45. The first kappa shape index (κ1) is 24.7. The molecular weight excluding hydrogens is 446 g/mol. The van der Waals surface area contributed by atoms with E-state index in [9.17, 15) is 24.0 Å². The molecular formula is C22H31N5O5S. The van der Waals surface area contributed by atoms with Gasteiger partial charge in [0.2, 0.25) is 11.8 Å². The van der Waals surface area contributed by atoms with E-state index in [0.717, 1.165) is 24.2 Å². The van der Waals surface area contributed by atoms with Gasteiger partial charge in [-0.15, -0.1) is 11.3 Å². The number of nitrogens with one attached hydrogen (secondary N) is 3. The van der Waals surface area contributed by atoms with E-state index in [0.29, 0.717) is 18.0 Å². The second-order valence-electron chi connectivity index (χ2n) is 8.22. The molecule has 1 aromatic heterocycles. The number of rotatable bonds is 11. The van der Waals surface area contributed by atoms with Crippen LogP contribution in [0.1, 0.15) is 56.4 Å². The molecule has 2 atom stereocenters. The topological polar surface area (TPSA) is 128 Å². The minimum atomic E-state index is -1.07. The van der Waals surface area contributed by atoms with Crippen LogP contribution < -0.4 is 16.0 Å². The average molecular weight is 478 g/mol. The molecule has 0 bridgehead atoms. The van der Waals surface area contributed by atoms with Crippen molar-refractivity contribution in [2.75, 3.05) is 26.2 Å². The van der Waals surface area contributed by atoms with Gasteiger partial charge < -0.3 is 20.9 Å². The van der Waals surface area contributed by atoms with Gasteiger partial charge in [-0.3, -0.25) is 24.1 Å². The molecule has 2 fully saturated rings. The van der Waals surface area contributed by atoms with Crippen molar-refractivity contribution in [2.24, 2.45) is 0 Å². The molecule has 11 heteroatoms. The molecule has 33 heavy (non-hydrogen) atoms. The lowest BCUT2D eigenvalue weighted by atomic mass is 10.1. The number of hydrogen-bond acceptors (Lipinski definition) is 6. The van der Waals surface area contributed by atoms with Crippen molar-refractivity contribution in [1.82, 2.24) is 25.8 Å². The van der Waals surface area contributed by atoms with E-state index < -0.39 is 35.8 Å². The Kier molecular flexibility index (Phi) is 8.81. The molecule has 3 N–H and O–H groups in total. The van der Waals surface area contributed by atoms with Gasteiger partial charge in [-0.05, 0) is 17.9 Å². The highest BCUT2D eigenvalue weighted by Crippen LogP contribution is 2.20. The van der Waals surface area contributed by atoms with Gasteiger partial charge in [0, 0.05) is 31.1 Å². The monoisotopic (exact) mass is 477 g/mol. The minimum absolute atomic E-state index is 0.0655. The molecule has 3 rings (SSSR count). The first-order valence-corrected chi connectivity index (χ1v) is 12.3. The molecule has 180 valence electrons. The Balaban J connectivity index is 1.54. The van der Waals surface area contributed by atoms with Gasteiger partial charge in [0.1, 0.15) is 12.1 Å². The van der Waals surface area contributed by atoms with E-state index in [1.807, 2.05) is 0 Å². The van der Waals surface area contributed by atoms with Crippen LogP contribution in [0.15, 0.2) is 17.5 Å². The molecule has 2 aliphatic rings. The fraction of sp³-hybridized carbons (Fsp3) is 0.591. The number of carbonyl (C=O) groups excluding carboxylic acids is 5. The van der Waals surface area contributed by atoms with Crippen molar-refractivity contribution in [3.8, 4) is 0 Å². The van der Waals surface area contributed by atoms with Gasteiger partial charge in [0.05, 0.1) is 0 Å². The maximum absolute atomic E-state index is 12.8. The van der Waals surface area contributed by atoms with E-state index in [4.69, 9.17) is 0 Å². The average Bonchev–Trinajstić information content (AvgIpc) is 3.34. The zero-order valence-corrected chi connectivity index (χ0v) is 19.6. The Morgan fingerprint density at radius 3 is 2.52 bits per heavy atom. The number of piperazine rings is 1. The molecule has 2 saturated heterocycles. The number of amides is 6. The number of nitrogens with zero attached hydrogens (tertiary/aromatic N) is 2.